The Kier molecular flexibility index (Phi) is 4.34. The van der Waals surface area contributed by atoms with E-state index in [0.29, 0.717) is 0 Å². The van der Waals surface area contributed by atoms with Crippen LogP contribution in [0, 0.1) is 0 Å². The number of hydrogen-bond acceptors (Lipinski definition) is 6. The van der Waals surface area contributed by atoms with Crippen molar-refractivity contribution in [3.63, 3.8) is 0 Å². The molecule has 124 valence electrons. The average molecular weight is 326 g/mol. The molecule has 2 aromatic rings. The predicted octanol–water partition coefficient (Wildman–Crippen LogP) is 2.79. The van der Waals surface area contributed by atoms with Crippen LogP contribution in [0.15, 0.2) is 69.1 Å². The van der Waals surface area contributed by atoms with Gasteiger partial charge in [-0.3, -0.25) is 5.01 Å². The van der Waals surface area contributed by atoms with Gasteiger partial charge in [0.25, 0.3) is 0 Å². The van der Waals surface area contributed by atoms with Crippen LogP contribution in [0.3, 0.4) is 0 Å². The van der Waals surface area contributed by atoms with Crippen molar-refractivity contribution < 1.29 is 4.57 Å². The normalized spacial score (nSPS) is 15.1. The number of imidazole rings is 1. The van der Waals surface area contributed by atoms with E-state index in [4.69, 9.17) is 0 Å². The largest absolute Gasteiger partial charge is 0.421 e. The second kappa shape index (κ2) is 6.59. The molecule has 0 amide bonds. The lowest BCUT2D eigenvalue weighted by Crippen LogP contribution is -2.34. The molecule has 1 N–H and O–H groups in total. The summed E-state index contributed by atoms with van der Waals surface area (Å²) in [4.78, 5) is 0. The number of allylic oxidation sites excluding steroid dienone is 1. The van der Waals surface area contributed by atoms with Crippen LogP contribution >= 0.6 is 0 Å². The Morgan fingerprint density at radius 1 is 1.00 bits per heavy atom. The third-order valence-electron chi connectivity index (χ3n) is 3.47. The summed E-state index contributed by atoms with van der Waals surface area (Å²) in [5, 5.41) is 20.2. The summed E-state index contributed by atoms with van der Waals surface area (Å²) in [5.41, 5.74) is 5.46. The molecule has 1 aliphatic heterocycles. The number of hydrogen-bond donors (Lipinski definition) is 1. The standard InChI is InChI=1S/C15H20N9/c1-12-11-23(4)20-24(12)19-17-14-7-5-13(6-8-14)16-18-15-21(2)9-10-22(15)3/h5-11H,1-4H3,(H,19,20)/q+1. The number of azo groups is 1. The third kappa shape index (κ3) is 3.46. The third-order valence-corrected chi connectivity index (χ3v) is 3.47. The number of nitrogens with one attached hydrogen (secondary N) is 1. The summed E-state index contributed by atoms with van der Waals surface area (Å²) in [5.74, 6) is 0.769. The smallest absolute Gasteiger partial charge is 0.298 e. The zero-order valence-corrected chi connectivity index (χ0v) is 14.1. The highest BCUT2D eigenvalue weighted by Gasteiger charge is 2.13. The summed E-state index contributed by atoms with van der Waals surface area (Å²) in [7, 11) is 5.75. The van der Waals surface area contributed by atoms with E-state index >= 15 is 0 Å². The van der Waals surface area contributed by atoms with E-state index < -0.39 is 0 Å². The van der Waals surface area contributed by atoms with Gasteiger partial charge in [-0.05, 0) is 36.4 Å². The van der Waals surface area contributed by atoms with Gasteiger partial charge in [0.2, 0.25) is 0 Å². The number of nitrogens with zero attached hydrogens (tertiary/aromatic N) is 8. The average Bonchev–Trinajstić information content (AvgIpc) is 3.06. The van der Waals surface area contributed by atoms with Crippen LogP contribution in [0.4, 0.5) is 17.3 Å². The van der Waals surface area contributed by atoms with Crippen molar-refractivity contribution in [2.24, 2.45) is 34.7 Å². The maximum Gasteiger partial charge on any atom is 0.421 e. The SMILES string of the molecule is CC1=CN(C)NN1N=Nc1ccc(N=Nc2n(C)cc[n+]2C)cc1. The molecule has 0 saturated carbocycles. The van der Waals surface area contributed by atoms with E-state index in [-0.39, 0.29) is 0 Å². The van der Waals surface area contributed by atoms with Crippen LogP contribution in [0.2, 0.25) is 0 Å². The molecular formula is C15H20N9+. The quantitative estimate of drug-likeness (QED) is 0.693. The summed E-state index contributed by atoms with van der Waals surface area (Å²) in [6.07, 6.45) is 5.78. The molecule has 0 unspecified atom stereocenters. The molecular weight excluding hydrogens is 306 g/mol. The minimum Gasteiger partial charge on any atom is -0.298 e. The second-order valence-electron chi connectivity index (χ2n) is 5.52. The fraction of sp³-hybridized carbons (Fsp3) is 0.267. The van der Waals surface area contributed by atoms with Crippen molar-refractivity contribution in [3.8, 4) is 0 Å². The topological polar surface area (TPSA) is 76.8 Å². The number of aryl methyl sites for hydroxylation is 2. The minimum absolute atomic E-state index is 0.738. The first-order valence-electron chi connectivity index (χ1n) is 7.45. The zero-order valence-electron chi connectivity index (χ0n) is 14.1. The molecule has 0 fully saturated rings. The van der Waals surface area contributed by atoms with Gasteiger partial charge < -0.3 is 0 Å². The van der Waals surface area contributed by atoms with Crippen LogP contribution in [-0.4, -0.2) is 21.7 Å². The summed E-state index contributed by atoms with van der Waals surface area (Å²) in [6, 6.07) is 7.41. The van der Waals surface area contributed by atoms with E-state index in [9.17, 15) is 0 Å². The first-order chi connectivity index (χ1) is 11.5. The molecule has 0 atom stereocenters. The van der Waals surface area contributed by atoms with Gasteiger partial charge in [0, 0.05) is 18.4 Å². The van der Waals surface area contributed by atoms with Gasteiger partial charge in [-0.25, -0.2) is 9.13 Å². The van der Waals surface area contributed by atoms with Gasteiger partial charge in [0.05, 0.1) is 37.9 Å². The molecule has 9 nitrogen and oxygen atoms in total. The summed E-state index contributed by atoms with van der Waals surface area (Å²) in [6.45, 7) is 1.95. The van der Waals surface area contributed by atoms with Crippen LogP contribution in [0.5, 0.6) is 0 Å². The van der Waals surface area contributed by atoms with Crippen LogP contribution in [0.25, 0.3) is 0 Å². The van der Waals surface area contributed by atoms with E-state index in [1.54, 1.807) is 10.1 Å². The van der Waals surface area contributed by atoms with E-state index in [1.807, 2.05) is 80.1 Å². The van der Waals surface area contributed by atoms with Crippen molar-refractivity contribution >= 4 is 17.3 Å². The Bertz CT molecular complexity index is 781. The number of hydrazine groups is 2. The maximum atomic E-state index is 4.26. The highest BCUT2D eigenvalue weighted by Crippen LogP contribution is 2.21. The molecule has 0 bridgehead atoms. The lowest BCUT2D eigenvalue weighted by atomic mass is 10.3. The highest BCUT2D eigenvalue weighted by atomic mass is 15.9. The second-order valence-corrected chi connectivity index (χ2v) is 5.52. The van der Waals surface area contributed by atoms with Gasteiger partial charge >= 0.3 is 5.95 Å². The molecule has 3 rings (SSSR count). The van der Waals surface area contributed by atoms with Crippen LogP contribution in [0.1, 0.15) is 6.92 Å². The zero-order chi connectivity index (χ0) is 17.1. The van der Waals surface area contributed by atoms with E-state index in [0.717, 1.165) is 23.0 Å². The first kappa shape index (κ1) is 15.8. The van der Waals surface area contributed by atoms with E-state index in [1.165, 1.54) is 0 Å². The van der Waals surface area contributed by atoms with Crippen molar-refractivity contribution in [1.82, 2.24) is 20.2 Å². The molecule has 24 heavy (non-hydrogen) atoms. The molecule has 0 spiro atoms. The lowest BCUT2D eigenvalue weighted by Gasteiger charge is -2.14. The fourth-order valence-corrected chi connectivity index (χ4v) is 2.19. The molecule has 1 aliphatic rings. The van der Waals surface area contributed by atoms with Crippen LogP contribution in [-0.2, 0) is 14.1 Å². The number of benzene rings is 1. The van der Waals surface area contributed by atoms with E-state index in [2.05, 4.69) is 26.1 Å². The summed E-state index contributed by atoms with van der Waals surface area (Å²) >= 11 is 0. The van der Waals surface area contributed by atoms with Gasteiger partial charge in [-0.2, -0.15) is 5.12 Å². The van der Waals surface area contributed by atoms with Crippen molar-refractivity contribution in [2.45, 2.75) is 6.92 Å². The summed E-state index contributed by atoms with van der Waals surface area (Å²) < 4.78 is 3.81. The molecule has 1 aromatic carbocycles. The van der Waals surface area contributed by atoms with Gasteiger partial charge in [-0.15, -0.1) is 10.6 Å². The lowest BCUT2D eigenvalue weighted by molar-refractivity contribution is -0.657. The maximum absolute atomic E-state index is 4.26. The number of rotatable bonds is 4. The van der Waals surface area contributed by atoms with Gasteiger partial charge in [0.1, 0.15) is 5.69 Å². The number of aromatic nitrogens is 2. The van der Waals surface area contributed by atoms with Crippen molar-refractivity contribution in [3.05, 3.63) is 48.6 Å². The molecule has 1 aromatic heterocycles. The monoisotopic (exact) mass is 326 g/mol. The molecule has 9 heteroatoms. The van der Waals surface area contributed by atoms with Crippen molar-refractivity contribution in [2.75, 3.05) is 7.05 Å². The molecule has 0 radical (unpaired) electrons. The van der Waals surface area contributed by atoms with Crippen molar-refractivity contribution in [1.29, 1.82) is 0 Å². The van der Waals surface area contributed by atoms with Gasteiger partial charge in [-0.1, -0.05) is 5.11 Å². The predicted molar refractivity (Wildman–Crippen MR) is 88.2 cm³/mol. The van der Waals surface area contributed by atoms with Gasteiger partial charge in [0.15, 0.2) is 0 Å². The Hall–Kier alpha value is -3.07. The minimum atomic E-state index is 0.738. The highest BCUT2D eigenvalue weighted by molar-refractivity contribution is 5.46. The Morgan fingerprint density at radius 3 is 2.21 bits per heavy atom. The molecule has 0 saturated heterocycles. The Morgan fingerprint density at radius 2 is 1.67 bits per heavy atom. The molecule has 0 aliphatic carbocycles. The Labute approximate surface area is 140 Å². The Balaban J connectivity index is 1.67. The molecule has 2 heterocycles. The fourth-order valence-electron chi connectivity index (χ4n) is 2.19. The first-order valence-corrected chi connectivity index (χ1v) is 7.45. The van der Waals surface area contributed by atoms with Crippen LogP contribution < -0.4 is 10.1 Å².